The van der Waals surface area contributed by atoms with Crippen LogP contribution in [0, 0.1) is 17.2 Å². The van der Waals surface area contributed by atoms with E-state index in [1.165, 1.54) is 6.92 Å². The minimum absolute atomic E-state index is 0.0496. The van der Waals surface area contributed by atoms with Gasteiger partial charge in [0, 0.05) is 39.6 Å². The summed E-state index contributed by atoms with van der Waals surface area (Å²) in [7, 11) is -3.97. The molecule has 2 atom stereocenters. The largest absolute Gasteiger partial charge is 0.383 e. The first kappa shape index (κ1) is 28.7. The maximum Gasteiger partial charge on any atom is 0.243 e. The van der Waals surface area contributed by atoms with Crippen molar-refractivity contribution in [3.8, 4) is 0 Å². The summed E-state index contributed by atoms with van der Waals surface area (Å²) in [4.78, 5) is 26.5. The Balaban J connectivity index is 1.70. The third kappa shape index (κ3) is 8.32. The Morgan fingerprint density at radius 2 is 1.95 bits per heavy atom. The van der Waals surface area contributed by atoms with Crippen molar-refractivity contribution in [3.63, 3.8) is 0 Å². The topological polar surface area (TPSA) is 170 Å². The minimum Gasteiger partial charge on any atom is -0.383 e. The van der Waals surface area contributed by atoms with Crippen LogP contribution in [0.15, 0.2) is 23.1 Å². The number of sulfonamides is 1. The van der Waals surface area contributed by atoms with E-state index in [4.69, 9.17) is 11.1 Å². The molecule has 1 unspecified atom stereocenters. The van der Waals surface area contributed by atoms with Crippen LogP contribution in [0.4, 0.5) is 5.69 Å². The first-order valence-electron chi connectivity index (χ1n) is 13.1. The first-order chi connectivity index (χ1) is 17.6. The number of rotatable bonds is 11. The Bertz CT molecular complexity index is 1070. The fraction of sp³-hybridized carbons (Fsp3) is 0.640. The van der Waals surface area contributed by atoms with Crippen LogP contribution in [0.1, 0.15) is 51.5 Å². The van der Waals surface area contributed by atoms with E-state index in [-0.39, 0.29) is 29.1 Å². The molecular formula is C25H41N7O4S. The second kappa shape index (κ2) is 13.1. The molecule has 0 radical (unpaired) electrons. The van der Waals surface area contributed by atoms with E-state index in [0.717, 1.165) is 31.2 Å². The molecule has 37 heavy (non-hydrogen) atoms. The fourth-order valence-electron chi connectivity index (χ4n) is 5.02. The maximum atomic E-state index is 13.5. The van der Waals surface area contributed by atoms with Crippen LogP contribution in [0.3, 0.4) is 0 Å². The van der Waals surface area contributed by atoms with Gasteiger partial charge in [0.05, 0.1) is 5.69 Å². The van der Waals surface area contributed by atoms with Gasteiger partial charge in [-0.15, -0.1) is 0 Å². The molecule has 2 aliphatic rings. The lowest BCUT2D eigenvalue weighted by Gasteiger charge is -2.34. The molecule has 1 fully saturated rings. The van der Waals surface area contributed by atoms with Crippen molar-refractivity contribution in [2.45, 2.75) is 63.3 Å². The van der Waals surface area contributed by atoms with Crippen molar-refractivity contribution >= 4 is 33.5 Å². The Morgan fingerprint density at radius 3 is 2.62 bits per heavy atom. The number of guanidine groups is 1. The predicted octanol–water partition coefficient (Wildman–Crippen LogP) is 0.966. The molecule has 1 aromatic carbocycles. The number of hydrogen-bond donors (Lipinski definition) is 6. The van der Waals surface area contributed by atoms with Crippen LogP contribution in [0.25, 0.3) is 0 Å². The standard InChI is InChI=1S/C25H41N7O4S/c1-17-15-20-5-3-7-22(23(20)30-16-17)37(35,36)31-21(6-4-11-29-25(26)27)24(34)32-13-9-19(10-14-32)8-12-28-18(2)33/h3,5,7,17,19,21,30-31H,4,6,8-16H2,1-2H3,(H,28,33)(H4,26,27,29)/t17?,21-/m0/s1. The van der Waals surface area contributed by atoms with Crippen molar-refractivity contribution in [1.29, 1.82) is 5.41 Å². The molecule has 1 saturated heterocycles. The molecule has 3 rings (SSSR count). The highest BCUT2D eigenvalue weighted by Crippen LogP contribution is 2.31. The molecule has 2 aliphatic heterocycles. The van der Waals surface area contributed by atoms with E-state index in [9.17, 15) is 18.0 Å². The number of carbonyl (C=O) groups excluding carboxylic acids is 2. The SMILES string of the molecule is CC(=O)NCCC1CCN(C(=O)[C@H](CCCNC(=N)N)NS(=O)(=O)c2cccc3c2NCC(C)C3)CC1. The Morgan fingerprint density at radius 1 is 1.22 bits per heavy atom. The number of hydrogen-bond acceptors (Lipinski definition) is 6. The summed E-state index contributed by atoms with van der Waals surface area (Å²) in [6.45, 7) is 6.38. The number of nitrogens with two attached hydrogens (primary N) is 1. The molecule has 0 aliphatic carbocycles. The maximum absolute atomic E-state index is 13.5. The number of carbonyl (C=O) groups is 2. The summed E-state index contributed by atoms with van der Waals surface area (Å²) in [6, 6.07) is 4.33. The Hall–Kier alpha value is -2.86. The molecule has 2 amide bonds. The van der Waals surface area contributed by atoms with Crippen molar-refractivity contribution in [2.24, 2.45) is 17.6 Å². The van der Waals surface area contributed by atoms with E-state index in [1.807, 2.05) is 6.07 Å². The van der Waals surface area contributed by atoms with Gasteiger partial charge in [-0.05, 0) is 62.0 Å². The summed E-state index contributed by atoms with van der Waals surface area (Å²) >= 11 is 0. The van der Waals surface area contributed by atoms with E-state index in [0.29, 0.717) is 56.7 Å². The average molecular weight is 536 g/mol. The van der Waals surface area contributed by atoms with Crippen LogP contribution >= 0.6 is 0 Å². The molecule has 0 aromatic heterocycles. The van der Waals surface area contributed by atoms with Crippen LogP contribution in [-0.2, 0) is 26.0 Å². The quantitative estimate of drug-likeness (QED) is 0.139. The number of anilines is 1. The van der Waals surface area contributed by atoms with Gasteiger partial charge in [0.15, 0.2) is 5.96 Å². The summed E-state index contributed by atoms with van der Waals surface area (Å²) < 4.78 is 29.7. The molecule has 1 aromatic rings. The van der Waals surface area contributed by atoms with Gasteiger partial charge in [-0.25, -0.2) is 8.42 Å². The lowest BCUT2D eigenvalue weighted by molar-refractivity contribution is -0.134. The number of fused-ring (bicyclic) bond motifs is 1. The van der Waals surface area contributed by atoms with E-state index < -0.39 is 16.1 Å². The lowest BCUT2D eigenvalue weighted by Crippen LogP contribution is -2.51. The fourth-order valence-corrected chi connectivity index (χ4v) is 6.47. The predicted molar refractivity (Wildman–Crippen MR) is 144 cm³/mol. The highest BCUT2D eigenvalue weighted by molar-refractivity contribution is 7.89. The molecule has 0 spiro atoms. The number of piperidine rings is 1. The third-order valence-electron chi connectivity index (χ3n) is 7.03. The van der Waals surface area contributed by atoms with Gasteiger partial charge in [-0.2, -0.15) is 4.72 Å². The van der Waals surface area contributed by atoms with Crippen LogP contribution in [0.2, 0.25) is 0 Å². The van der Waals surface area contributed by atoms with Gasteiger partial charge >= 0.3 is 0 Å². The summed E-state index contributed by atoms with van der Waals surface area (Å²) in [6.07, 6.45) is 4.02. The van der Waals surface area contributed by atoms with Gasteiger partial charge in [0.1, 0.15) is 10.9 Å². The number of nitrogens with one attached hydrogen (secondary N) is 5. The zero-order valence-corrected chi connectivity index (χ0v) is 22.6. The van der Waals surface area contributed by atoms with Crippen LogP contribution in [-0.4, -0.2) is 69.9 Å². The summed E-state index contributed by atoms with van der Waals surface area (Å²) in [5, 5.41) is 16.1. The summed E-state index contributed by atoms with van der Waals surface area (Å²) in [5.41, 5.74) is 6.92. The van der Waals surface area contributed by atoms with E-state index in [2.05, 4.69) is 27.6 Å². The Labute approximate surface area is 219 Å². The number of likely N-dealkylation sites (tertiary alicyclic amines) is 1. The number of benzene rings is 1. The molecule has 0 bridgehead atoms. The average Bonchev–Trinajstić information content (AvgIpc) is 2.85. The van der Waals surface area contributed by atoms with Crippen LogP contribution < -0.4 is 26.4 Å². The van der Waals surface area contributed by atoms with Gasteiger partial charge in [0.25, 0.3) is 0 Å². The van der Waals surface area contributed by atoms with Gasteiger partial charge in [0.2, 0.25) is 21.8 Å². The second-order valence-corrected chi connectivity index (χ2v) is 11.9. The highest BCUT2D eigenvalue weighted by Gasteiger charge is 2.33. The normalized spacial score (nSPS) is 18.9. The molecule has 0 saturated carbocycles. The molecule has 12 heteroatoms. The van der Waals surface area contributed by atoms with Crippen molar-refractivity contribution < 1.29 is 18.0 Å². The van der Waals surface area contributed by atoms with E-state index >= 15 is 0 Å². The van der Waals surface area contributed by atoms with Crippen molar-refractivity contribution in [3.05, 3.63) is 23.8 Å². The van der Waals surface area contributed by atoms with Crippen molar-refractivity contribution in [2.75, 3.05) is 38.0 Å². The molecule has 7 N–H and O–H groups in total. The highest BCUT2D eigenvalue weighted by atomic mass is 32.2. The monoisotopic (exact) mass is 535 g/mol. The van der Waals surface area contributed by atoms with E-state index in [1.54, 1.807) is 17.0 Å². The number of para-hydroxylation sites is 1. The molecule has 2 heterocycles. The zero-order chi connectivity index (χ0) is 27.0. The van der Waals surface area contributed by atoms with Gasteiger partial charge < -0.3 is 26.6 Å². The van der Waals surface area contributed by atoms with Crippen LogP contribution in [0.5, 0.6) is 0 Å². The molecular weight excluding hydrogens is 494 g/mol. The van der Waals surface area contributed by atoms with Gasteiger partial charge in [-0.3, -0.25) is 15.0 Å². The molecule has 206 valence electrons. The number of amides is 2. The third-order valence-corrected chi connectivity index (χ3v) is 8.55. The smallest absolute Gasteiger partial charge is 0.243 e. The number of nitrogens with zero attached hydrogens (tertiary/aromatic N) is 1. The second-order valence-electron chi connectivity index (χ2n) is 10.2. The first-order valence-corrected chi connectivity index (χ1v) is 14.5. The lowest BCUT2D eigenvalue weighted by atomic mass is 9.93. The zero-order valence-electron chi connectivity index (χ0n) is 21.8. The molecule has 11 nitrogen and oxygen atoms in total. The Kier molecular flexibility index (Phi) is 10.2. The minimum atomic E-state index is -3.97. The van der Waals surface area contributed by atoms with Crippen molar-refractivity contribution in [1.82, 2.24) is 20.3 Å². The van der Waals surface area contributed by atoms with Gasteiger partial charge in [-0.1, -0.05) is 19.1 Å². The summed E-state index contributed by atoms with van der Waals surface area (Å²) in [5.74, 6) is 0.364.